The van der Waals surface area contributed by atoms with E-state index in [9.17, 15) is 5.11 Å². The van der Waals surface area contributed by atoms with Crippen LogP contribution in [-0.2, 0) is 0 Å². The second-order valence-electron chi connectivity index (χ2n) is 3.95. The summed E-state index contributed by atoms with van der Waals surface area (Å²) in [6, 6.07) is 12.7. The van der Waals surface area contributed by atoms with Crippen LogP contribution < -0.4 is 10.5 Å². The Morgan fingerprint density at radius 1 is 1.22 bits per heavy atom. The van der Waals surface area contributed by atoms with Crippen molar-refractivity contribution in [1.82, 2.24) is 0 Å². The highest BCUT2D eigenvalue weighted by Crippen LogP contribution is 2.30. The van der Waals surface area contributed by atoms with Gasteiger partial charge >= 0.3 is 0 Å². The minimum atomic E-state index is -0.766. The molecule has 0 aliphatic carbocycles. The maximum absolute atomic E-state index is 10.4. The number of methoxy groups -OCH3 is 1. The molecule has 4 heteroatoms. The molecule has 3 nitrogen and oxygen atoms in total. The van der Waals surface area contributed by atoms with Crippen molar-refractivity contribution in [3.63, 3.8) is 0 Å². The number of aliphatic hydroxyl groups excluding tert-OH is 1. The SMILES string of the molecule is COc1cccc(C(O)c2cc(Br)ccc2N)c1. The lowest BCUT2D eigenvalue weighted by molar-refractivity contribution is 0.220. The molecule has 0 saturated heterocycles. The maximum atomic E-state index is 10.4. The Kier molecular flexibility index (Phi) is 3.89. The lowest BCUT2D eigenvalue weighted by Crippen LogP contribution is -2.04. The Hall–Kier alpha value is -1.52. The molecule has 0 aliphatic heterocycles. The first-order chi connectivity index (χ1) is 8.61. The Bertz CT molecular complexity index is 557. The monoisotopic (exact) mass is 307 g/mol. The molecule has 0 spiro atoms. The van der Waals surface area contributed by atoms with E-state index in [2.05, 4.69) is 15.9 Å². The molecular weight excluding hydrogens is 294 g/mol. The largest absolute Gasteiger partial charge is 0.497 e. The highest BCUT2D eigenvalue weighted by atomic mass is 79.9. The van der Waals surface area contributed by atoms with Gasteiger partial charge in [-0.25, -0.2) is 0 Å². The molecule has 2 rings (SSSR count). The highest BCUT2D eigenvalue weighted by Gasteiger charge is 2.14. The Morgan fingerprint density at radius 2 is 2.00 bits per heavy atom. The van der Waals surface area contributed by atoms with Crippen LogP contribution >= 0.6 is 15.9 Å². The van der Waals surface area contributed by atoms with Crippen LogP contribution in [-0.4, -0.2) is 12.2 Å². The second-order valence-corrected chi connectivity index (χ2v) is 4.87. The van der Waals surface area contributed by atoms with Crippen molar-refractivity contribution in [3.05, 3.63) is 58.1 Å². The van der Waals surface area contributed by atoms with Gasteiger partial charge in [0.15, 0.2) is 0 Å². The summed E-state index contributed by atoms with van der Waals surface area (Å²) in [4.78, 5) is 0. The average molecular weight is 308 g/mol. The molecule has 0 fully saturated rings. The number of hydrogen-bond donors (Lipinski definition) is 2. The van der Waals surface area contributed by atoms with Gasteiger partial charge in [-0.05, 0) is 35.9 Å². The molecule has 94 valence electrons. The van der Waals surface area contributed by atoms with Gasteiger partial charge in [-0.2, -0.15) is 0 Å². The number of benzene rings is 2. The summed E-state index contributed by atoms with van der Waals surface area (Å²) in [7, 11) is 1.60. The van der Waals surface area contributed by atoms with Gasteiger partial charge in [0.1, 0.15) is 11.9 Å². The topological polar surface area (TPSA) is 55.5 Å². The molecule has 0 bridgehead atoms. The fourth-order valence-corrected chi connectivity index (χ4v) is 2.15. The summed E-state index contributed by atoms with van der Waals surface area (Å²) >= 11 is 3.37. The third kappa shape index (κ3) is 2.66. The molecule has 0 heterocycles. The summed E-state index contributed by atoms with van der Waals surface area (Å²) in [6.07, 6.45) is -0.766. The van der Waals surface area contributed by atoms with Crippen molar-refractivity contribution in [2.45, 2.75) is 6.10 Å². The molecule has 0 aromatic heterocycles. The zero-order valence-electron chi connectivity index (χ0n) is 9.93. The van der Waals surface area contributed by atoms with Crippen LogP contribution in [0.4, 0.5) is 5.69 Å². The van der Waals surface area contributed by atoms with E-state index in [1.165, 1.54) is 0 Å². The molecular formula is C14H14BrNO2. The van der Waals surface area contributed by atoms with Gasteiger partial charge in [0.25, 0.3) is 0 Å². The van der Waals surface area contributed by atoms with Crippen molar-refractivity contribution in [2.24, 2.45) is 0 Å². The summed E-state index contributed by atoms with van der Waals surface area (Å²) in [5.41, 5.74) is 7.88. The molecule has 0 aliphatic rings. The van der Waals surface area contributed by atoms with Crippen LogP contribution in [0.1, 0.15) is 17.2 Å². The molecule has 3 N–H and O–H groups in total. The predicted molar refractivity (Wildman–Crippen MR) is 75.6 cm³/mol. The van der Waals surface area contributed by atoms with E-state index in [0.717, 1.165) is 10.0 Å². The standard InChI is InChI=1S/C14H14BrNO2/c1-18-11-4-2-3-9(7-11)14(17)12-8-10(15)5-6-13(12)16/h2-8,14,17H,16H2,1H3. The van der Waals surface area contributed by atoms with Gasteiger partial charge in [-0.15, -0.1) is 0 Å². The number of aliphatic hydroxyl groups is 1. The molecule has 0 amide bonds. The van der Waals surface area contributed by atoms with E-state index in [1.807, 2.05) is 30.3 Å². The zero-order chi connectivity index (χ0) is 13.1. The van der Waals surface area contributed by atoms with Gasteiger partial charge in [0, 0.05) is 15.7 Å². The fraction of sp³-hybridized carbons (Fsp3) is 0.143. The molecule has 2 aromatic carbocycles. The lowest BCUT2D eigenvalue weighted by Gasteiger charge is -2.15. The minimum absolute atomic E-state index is 0.563. The van der Waals surface area contributed by atoms with Crippen LogP contribution in [0.15, 0.2) is 46.9 Å². The van der Waals surface area contributed by atoms with Gasteiger partial charge in [-0.3, -0.25) is 0 Å². The van der Waals surface area contributed by atoms with Crippen LogP contribution in [0, 0.1) is 0 Å². The van der Waals surface area contributed by atoms with Crippen molar-refractivity contribution >= 4 is 21.6 Å². The predicted octanol–water partition coefficient (Wildman–Crippen LogP) is 3.12. The quantitative estimate of drug-likeness (QED) is 0.857. The third-order valence-corrected chi connectivity index (χ3v) is 3.25. The van der Waals surface area contributed by atoms with Crippen LogP contribution in [0.3, 0.4) is 0 Å². The van der Waals surface area contributed by atoms with Crippen LogP contribution in [0.2, 0.25) is 0 Å². The van der Waals surface area contributed by atoms with E-state index in [4.69, 9.17) is 10.5 Å². The van der Waals surface area contributed by atoms with E-state index in [1.54, 1.807) is 19.2 Å². The maximum Gasteiger partial charge on any atom is 0.119 e. The van der Waals surface area contributed by atoms with E-state index in [-0.39, 0.29) is 0 Å². The molecule has 0 saturated carbocycles. The Balaban J connectivity index is 2.40. The minimum Gasteiger partial charge on any atom is -0.497 e. The summed E-state index contributed by atoms with van der Waals surface area (Å²) in [5, 5.41) is 10.4. The van der Waals surface area contributed by atoms with Crippen molar-refractivity contribution in [3.8, 4) is 5.75 Å². The molecule has 2 aromatic rings. The third-order valence-electron chi connectivity index (χ3n) is 2.75. The van der Waals surface area contributed by atoms with Gasteiger partial charge in [-0.1, -0.05) is 28.1 Å². The van der Waals surface area contributed by atoms with E-state index >= 15 is 0 Å². The van der Waals surface area contributed by atoms with E-state index < -0.39 is 6.10 Å². The lowest BCUT2D eigenvalue weighted by atomic mass is 10.00. The first-order valence-electron chi connectivity index (χ1n) is 5.48. The Morgan fingerprint density at radius 3 is 2.72 bits per heavy atom. The molecule has 1 unspecified atom stereocenters. The molecule has 18 heavy (non-hydrogen) atoms. The van der Waals surface area contributed by atoms with Crippen molar-refractivity contribution in [2.75, 3.05) is 12.8 Å². The average Bonchev–Trinajstić information content (AvgIpc) is 2.41. The number of nitrogens with two attached hydrogens (primary N) is 1. The van der Waals surface area contributed by atoms with Crippen LogP contribution in [0.5, 0.6) is 5.75 Å². The van der Waals surface area contributed by atoms with Crippen molar-refractivity contribution < 1.29 is 9.84 Å². The van der Waals surface area contributed by atoms with Gasteiger partial charge in [0.2, 0.25) is 0 Å². The summed E-state index contributed by atoms with van der Waals surface area (Å²) < 4.78 is 6.03. The smallest absolute Gasteiger partial charge is 0.119 e. The first-order valence-corrected chi connectivity index (χ1v) is 6.28. The number of anilines is 1. The number of halogens is 1. The van der Waals surface area contributed by atoms with Crippen LogP contribution in [0.25, 0.3) is 0 Å². The first kappa shape index (κ1) is 12.9. The summed E-state index contributed by atoms with van der Waals surface area (Å²) in [5.74, 6) is 0.708. The number of rotatable bonds is 3. The zero-order valence-corrected chi connectivity index (χ0v) is 11.5. The highest BCUT2D eigenvalue weighted by molar-refractivity contribution is 9.10. The fourth-order valence-electron chi connectivity index (χ4n) is 1.77. The van der Waals surface area contributed by atoms with Gasteiger partial charge in [0.05, 0.1) is 7.11 Å². The molecule has 1 atom stereocenters. The Labute approximate surface area is 114 Å². The molecule has 0 radical (unpaired) electrons. The second kappa shape index (κ2) is 5.42. The number of ether oxygens (including phenoxy) is 1. The van der Waals surface area contributed by atoms with E-state index in [0.29, 0.717) is 17.0 Å². The van der Waals surface area contributed by atoms with Gasteiger partial charge < -0.3 is 15.6 Å². The number of hydrogen-bond acceptors (Lipinski definition) is 3. The normalized spacial score (nSPS) is 12.2. The van der Waals surface area contributed by atoms with Crippen molar-refractivity contribution in [1.29, 1.82) is 0 Å². The summed E-state index contributed by atoms with van der Waals surface area (Å²) in [6.45, 7) is 0. The number of nitrogen functional groups attached to an aromatic ring is 1.